The molecule has 1 fully saturated rings. The number of likely N-dealkylation sites (N-methyl/N-ethyl adjacent to an activating group) is 1. The smallest absolute Gasteiger partial charge is 0.326 e. The lowest BCUT2D eigenvalue weighted by Crippen LogP contribution is -2.54. The summed E-state index contributed by atoms with van der Waals surface area (Å²) in [6.45, 7) is 3.81. The first-order valence-corrected chi connectivity index (χ1v) is 6.69. The number of carboxylic acids is 1. The Hall–Kier alpha value is -1.59. The number of hydrogen-bond acceptors (Lipinski definition) is 3. The molecule has 6 heteroatoms. The number of carbonyl (C=O) groups is 3. The molecule has 108 valence electrons. The van der Waals surface area contributed by atoms with E-state index in [0.29, 0.717) is 19.4 Å². The van der Waals surface area contributed by atoms with Gasteiger partial charge in [0, 0.05) is 20.0 Å². The van der Waals surface area contributed by atoms with Crippen LogP contribution in [0.15, 0.2) is 0 Å². The van der Waals surface area contributed by atoms with Gasteiger partial charge >= 0.3 is 5.97 Å². The average molecular weight is 270 g/mol. The summed E-state index contributed by atoms with van der Waals surface area (Å²) in [5.41, 5.74) is 0. The normalized spacial score (nSPS) is 20.8. The molecule has 0 aromatic heterocycles. The van der Waals surface area contributed by atoms with Crippen LogP contribution in [0, 0.1) is 0 Å². The minimum absolute atomic E-state index is 0.0468. The Morgan fingerprint density at radius 2 is 2.00 bits per heavy atom. The van der Waals surface area contributed by atoms with E-state index < -0.39 is 18.1 Å². The van der Waals surface area contributed by atoms with Crippen molar-refractivity contribution in [3.63, 3.8) is 0 Å². The molecule has 0 saturated carbocycles. The number of nitrogens with zero attached hydrogens (tertiary/aromatic N) is 2. The van der Waals surface area contributed by atoms with Gasteiger partial charge in [-0.15, -0.1) is 0 Å². The van der Waals surface area contributed by atoms with E-state index in [4.69, 9.17) is 5.11 Å². The molecule has 2 unspecified atom stereocenters. The Bertz CT molecular complexity index is 370. The average Bonchev–Trinajstić information content (AvgIpc) is 2.43. The Morgan fingerprint density at radius 1 is 1.37 bits per heavy atom. The number of likely N-dealkylation sites (tertiary alicyclic amines) is 1. The highest BCUT2D eigenvalue weighted by Gasteiger charge is 2.35. The van der Waals surface area contributed by atoms with Crippen LogP contribution in [-0.4, -0.2) is 58.4 Å². The fourth-order valence-electron chi connectivity index (χ4n) is 2.28. The molecule has 19 heavy (non-hydrogen) atoms. The van der Waals surface area contributed by atoms with Crippen LogP contribution in [0.2, 0.25) is 0 Å². The van der Waals surface area contributed by atoms with Gasteiger partial charge in [0.05, 0.1) is 0 Å². The summed E-state index contributed by atoms with van der Waals surface area (Å²) in [5.74, 6) is -1.37. The number of rotatable bonds is 4. The molecule has 1 aliphatic rings. The summed E-state index contributed by atoms with van der Waals surface area (Å²) < 4.78 is 0. The fraction of sp³-hybridized carbons (Fsp3) is 0.769. The van der Waals surface area contributed by atoms with Gasteiger partial charge < -0.3 is 14.9 Å². The quantitative estimate of drug-likeness (QED) is 0.816. The molecule has 1 N–H and O–H groups in total. The van der Waals surface area contributed by atoms with Gasteiger partial charge in [-0.25, -0.2) is 4.79 Å². The van der Waals surface area contributed by atoms with Gasteiger partial charge in [0.25, 0.3) is 0 Å². The van der Waals surface area contributed by atoms with Gasteiger partial charge in [-0.3, -0.25) is 9.59 Å². The lowest BCUT2D eigenvalue weighted by Gasteiger charge is -2.37. The van der Waals surface area contributed by atoms with Crippen LogP contribution in [0.1, 0.15) is 39.5 Å². The Balaban J connectivity index is 2.82. The van der Waals surface area contributed by atoms with Crippen LogP contribution in [0.25, 0.3) is 0 Å². The van der Waals surface area contributed by atoms with Gasteiger partial charge in [0.2, 0.25) is 11.8 Å². The number of carbonyl (C=O) groups excluding carboxylic acids is 2. The first-order valence-electron chi connectivity index (χ1n) is 6.69. The van der Waals surface area contributed by atoms with E-state index in [1.165, 1.54) is 18.9 Å². The van der Waals surface area contributed by atoms with Crippen molar-refractivity contribution in [2.45, 2.75) is 51.6 Å². The van der Waals surface area contributed by atoms with E-state index in [-0.39, 0.29) is 11.8 Å². The molecule has 0 radical (unpaired) electrons. The second kappa shape index (κ2) is 6.54. The first-order chi connectivity index (χ1) is 8.90. The molecular formula is C13H22N2O4. The summed E-state index contributed by atoms with van der Waals surface area (Å²) in [6.07, 6.45) is 2.76. The summed E-state index contributed by atoms with van der Waals surface area (Å²) in [7, 11) is 1.48. The molecule has 0 aliphatic carbocycles. The molecule has 0 spiro atoms. The van der Waals surface area contributed by atoms with Crippen molar-refractivity contribution in [1.29, 1.82) is 0 Å². The van der Waals surface area contributed by atoms with Crippen molar-refractivity contribution < 1.29 is 19.5 Å². The largest absolute Gasteiger partial charge is 0.480 e. The molecule has 0 aromatic rings. The van der Waals surface area contributed by atoms with Crippen molar-refractivity contribution >= 4 is 17.8 Å². The molecular weight excluding hydrogens is 248 g/mol. The van der Waals surface area contributed by atoms with Gasteiger partial charge in [0.1, 0.15) is 12.1 Å². The molecule has 6 nitrogen and oxygen atoms in total. The summed E-state index contributed by atoms with van der Waals surface area (Å²) in [4.78, 5) is 37.9. The second-order valence-corrected chi connectivity index (χ2v) is 4.92. The third-order valence-corrected chi connectivity index (χ3v) is 3.70. The number of piperidine rings is 1. The van der Waals surface area contributed by atoms with Crippen LogP contribution in [0.4, 0.5) is 0 Å². The van der Waals surface area contributed by atoms with Crippen molar-refractivity contribution in [1.82, 2.24) is 9.80 Å². The van der Waals surface area contributed by atoms with Gasteiger partial charge in [-0.05, 0) is 26.2 Å². The number of amides is 2. The third-order valence-electron chi connectivity index (χ3n) is 3.70. The van der Waals surface area contributed by atoms with Gasteiger partial charge in [0.15, 0.2) is 0 Å². The van der Waals surface area contributed by atoms with Crippen molar-refractivity contribution in [2.24, 2.45) is 0 Å². The topological polar surface area (TPSA) is 77.9 Å². The maximum Gasteiger partial charge on any atom is 0.326 e. The molecule has 0 bridgehead atoms. The zero-order valence-corrected chi connectivity index (χ0v) is 11.8. The van der Waals surface area contributed by atoms with Crippen molar-refractivity contribution in [3.05, 3.63) is 0 Å². The maximum absolute atomic E-state index is 12.3. The second-order valence-electron chi connectivity index (χ2n) is 4.92. The molecule has 1 rings (SSSR count). The van der Waals surface area contributed by atoms with E-state index in [2.05, 4.69) is 0 Å². The number of aliphatic carboxylic acids is 1. The third kappa shape index (κ3) is 3.45. The van der Waals surface area contributed by atoms with Crippen LogP contribution in [0.5, 0.6) is 0 Å². The van der Waals surface area contributed by atoms with E-state index >= 15 is 0 Å². The highest BCUT2D eigenvalue weighted by molar-refractivity contribution is 5.90. The van der Waals surface area contributed by atoms with Crippen LogP contribution >= 0.6 is 0 Å². The van der Waals surface area contributed by atoms with E-state index in [0.717, 1.165) is 12.8 Å². The van der Waals surface area contributed by atoms with Crippen molar-refractivity contribution in [3.8, 4) is 0 Å². The lowest BCUT2D eigenvalue weighted by atomic mass is 10.00. The predicted molar refractivity (Wildman–Crippen MR) is 69.5 cm³/mol. The molecule has 1 saturated heterocycles. The van der Waals surface area contributed by atoms with Crippen LogP contribution in [-0.2, 0) is 14.4 Å². The highest BCUT2D eigenvalue weighted by atomic mass is 16.4. The zero-order valence-electron chi connectivity index (χ0n) is 11.8. The zero-order chi connectivity index (χ0) is 14.6. The van der Waals surface area contributed by atoms with E-state index in [1.54, 1.807) is 11.8 Å². The maximum atomic E-state index is 12.3. The monoisotopic (exact) mass is 270 g/mol. The van der Waals surface area contributed by atoms with Crippen LogP contribution in [0.3, 0.4) is 0 Å². The van der Waals surface area contributed by atoms with E-state index in [9.17, 15) is 14.4 Å². The lowest BCUT2D eigenvalue weighted by molar-refractivity contribution is -0.153. The Kier molecular flexibility index (Phi) is 5.32. The molecule has 2 amide bonds. The summed E-state index contributed by atoms with van der Waals surface area (Å²) in [5, 5.41) is 8.95. The minimum Gasteiger partial charge on any atom is -0.480 e. The molecule has 1 heterocycles. The Morgan fingerprint density at radius 3 is 2.53 bits per heavy atom. The summed E-state index contributed by atoms with van der Waals surface area (Å²) in [6, 6.07) is -1.39. The predicted octanol–water partition coefficient (Wildman–Crippen LogP) is 0.709. The van der Waals surface area contributed by atoms with Gasteiger partial charge in [-0.1, -0.05) is 6.92 Å². The highest BCUT2D eigenvalue weighted by Crippen LogP contribution is 2.20. The number of hydrogen-bond donors (Lipinski definition) is 1. The van der Waals surface area contributed by atoms with E-state index in [1.807, 2.05) is 0 Å². The molecule has 1 aliphatic heterocycles. The summed E-state index contributed by atoms with van der Waals surface area (Å²) >= 11 is 0. The minimum atomic E-state index is -1.04. The standard InChI is InChI=1S/C13H22N2O4/c1-4-11(16)15-8-6-5-7-10(15)12(17)14(3)9(2)13(18)19/h9-10H,4-8H2,1-3H3,(H,18,19). The van der Waals surface area contributed by atoms with Crippen LogP contribution < -0.4 is 0 Å². The SMILES string of the molecule is CCC(=O)N1CCCCC1C(=O)N(C)C(C)C(=O)O. The molecule has 2 atom stereocenters. The fourth-order valence-corrected chi connectivity index (χ4v) is 2.28. The van der Waals surface area contributed by atoms with Gasteiger partial charge in [-0.2, -0.15) is 0 Å². The van der Waals surface area contributed by atoms with Crippen molar-refractivity contribution in [2.75, 3.05) is 13.6 Å². The number of carboxylic acid groups (broad SMARTS) is 1. The Labute approximate surface area is 113 Å². The molecule has 0 aromatic carbocycles. The first kappa shape index (κ1) is 15.5.